The van der Waals surface area contributed by atoms with E-state index in [9.17, 15) is 19.4 Å². The molecule has 0 saturated heterocycles. The van der Waals surface area contributed by atoms with Gasteiger partial charge in [0.1, 0.15) is 0 Å². The molecular formula is C33H65N2O6P. The third-order valence-electron chi connectivity index (χ3n) is 7.28. The lowest BCUT2D eigenvalue weighted by molar-refractivity contribution is -0.123. The zero-order valence-electron chi connectivity index (χ0n) is 27.0. The SMILES string of the molecule is CCCCCCCC/C=C/CC/C=C/C(O)C(COP(=O)(O)OCCN)NC(=O)CCCCCCCCCCCCC. The lowest BCUT2D eigenvalue weighted by atomic mass is 10.0. The molecule has 0 rings (SSSR count). The molecule has 3 unspecified atom stereocenters. The molecule has 248 valence electrons. The molecule has 0 aromatic carbocycles. The molecule has 42 heavy (non-hydrogen) atoms. The van der Waals surface area contributed by atoms with Crippen LogP contribution in [0.3, 0.4) is 0 Å². The summed E-state index contributed by atoms with van der Waals surface area (Å²) in [7, 11) is -4.33. The van der Waals surface area contributed by atoms with Crippen molar-refractivity contribution in [1.82, 2.24) is 5.32 Å². The molecule has 0 aromatic heterocycles. The predicted octanol–water partition coefficient (Wildman–Crippen LogP) is 8.27. The second kappa shape index (κ2) is 30.0. The summed E-state index contributed by atoms with van der Waals surface area (Å²) in [4.78, 5) is 22.4. The van der Waals surface area contributed by atoms with Gasteiger partial charge in [-0.2, -0.15) is 0 Å². The third kappa shape index (κ3) is 27.8. The molecular weight excluding hydrogens is 551 g/mol. The van der Waals surface area contributed by atoms with Crippen LogP contribution in [-0.2, 0) is 18.4 Å². The maximum atomic E-state index is 12.6. The summed E-state index contributed by atoms with van der Waals surface area (Å²) in [6, 6.07) is -0.869. The Morgan fingerprint density at radius 2 is 1.26 bits per heavy atom. The molecule has 0 fully saturated rings. The fourth-order valence-corrected chi connectivity index (χ4v) is 5.43. The summed E-state index contributed by atoms with van der Waals surface area (Å²) in [6.45, 7) is 4.06. The molecule has 3 atom stereocenters. The van der Waals surface area contributed by atoms with E-state index in [1.165, 1.54) is 89.9 Å². The van der Waals surface area contributed by atoms with Gasteiger partial charge in [0.15, 0.2) is 0 Å². The highest BCUT2D eigenvalue weighted by molar-refractivity contribution is 7.47. The van der Waals surface area contributed by atoms with E-state index in [1.807, 2.05) is 6.08 Å². The Labute approximate surface area is 257 Å². The first-order valence-corrected chi connectivity index (χ1v) is 18.5. The van der Waals surface area contributed by atoms with Crippen molar-refractivity contribution < 1.29 is 28.4 Å². The highest BCUT2D eigenvalue weighted by Crippen LogP contribution is 2.43. The van der Waals surface area contributed by atoms with Crippen LogP contribution in [0.1, 0.15) is 149 Å². The number of rotatable bonds is 31. The molecule has 8 nitrogen and oxygen atoms in total. The number of unbranched alkanes of at least 4 members (excludes halogenated alkanes) is 17. The fraction of sp³-hybridized carbons (Fsp3) is 0.848. The maximum Gasteiger partial charge on any atom is 0.472 e. The van der Waals surface area contributed by atoms with Gasteiger partial charge >= 0.3 is 7.82 Å². The minimum atomic E-state index is -4.33. The molecule has 0 aliphatic heterocycles. The van der Waals surface area contributed by atoms with Crippen LogP contribution in [0.25, 0.3) is 0 Å². The second-order valence-corrected chi connectivity index (χ2v) is 12.8. The first-order chi connectivity index (χ1) is 20.4. The zero-order valence-corrected chi connectivity index (χ0v) is 27.9. The van der Waals surface area contributed by atoms with Crippen molar-refractivity contribution in [2.24, 2.45) is 5.73 Å². The normalized spacial score (nSPS) is 14.9. The number of nitrogens with two attached hydrogens (primary N) is 1. The molecule has 0 aliphatic carbocycles. The highest BCUT2D eigenvalue weighted by atomic mass is 31.2. The van der Waals surface area contributed by atoms with Crippen molar-refractivity contribution in [2.45, 2.75) is 161 Å². The summed E-state index contributed by atoms with van der Waals surface area (Å²) < 4.78 is 21.9. The van der Waals surface area contributed by atoms with Crippen molar-refractivity contribution in [3.63, 3.8) is 0 Å². The Morgan fingerprint density at radius 3 is 1.83 bits per heavy atom. The van der Waals surface area contributed by atoms with Crippen LogP contribution in [0.5, 0.6) is 0 Å². The van der Waals surface area contributed by atoms with E-state index in [1.54, 1.807) is 6.08 Å². The van der Waals surface area contributed by atoms with E-state index in [0.717, 1.165) is 38.5 Å². The van der Waals surface area contributed by atoms with E-state index in [2.05, 4.69) is 31.3 Å². The van der Waals surface area contributed by atoms with Crippen LogP contribution >= 0.6 is 7.82 Å². The zero-order chi connectivity index (χ0) is 31.2. The summed E-state index contributed by atoms with van der Waals surface area (Å²) in [6.07, 6.45) is 30.8. The molecule has 0 radical (unpaired) electrons. The Morgan fingerprint density at radius 1 is 0.762 bits per heavy atom. The smallest absolute Gasteiger partial charge is 0.387 e. The van der Waals surface area contributed by atoms with Crippen LogP contribution in [0.2, 0.25) is 0 Å². The van der Waals surface area contributed by atoms with Gasteiger partial charge in [-0.15, -0.1) is 0 Å². The quantitative estimate of drug-likeness (QED) is 0.0350. The number of carbonyl (C=O) groups is 1. The van der Waals surface area contributed by atoms with E-state index >= 15 is 0 Å². The van der Waals surface area contributed by atoms with Crippen LogP contribution in [-0.4, -0.2) is 47.8 Å². The van der Waals surface area contributed by atoms with Gasteiger partial charge in [0, 0.05) is 13.0 Å². The van der Waals surface area contributed by atoms with Crippen molar-refractivity contribution in [1.29, 1.82) is 0 Å². The van der Waals surface area contributed by atoms with Gasteiger partial charge in [0.05, 0.1) is 25.4 Å². The van der Waals surface area contributed by atoms with E-state index in [0.29, 0.717) is 6.42 Å². The molecule has 5 N–H and O–H groups in total. The average Bonchev–Trinajstić information content (AvgIpc) is 2.97. The van der Waals surface area contributed by atoms with Crippen LogP contribution in [0.4, 0.5) is 0 Å². The number of allylic oxidation sites excluding steroid dienone is 3. The van der Waals surface area contributed by atoms with Gasteiger partial charge in [-0.1, -0.05) is 134 Å². The predicted molar refractivity (Wildman–Crippen MR) is 175 cm³/mol. The number of hydrogen-bond donors (Lipinski definition) is 4. The van der Waals surface area contributed by atoms with E-state index < -0.39 is 20.0 Å². The number of nitrogens with one attached hydrogen (secondary N) is 1. The Bertz CT molecular complexity index is 719. The molecule has 9 heteroatoms. The summed E-state index contributed by atoms with van der Waals surface area (Å²) in [5.74, 6) is -0.208. The first kappa shape index (κ1) is 41.0. The molecule has 0 saturated carbocycles. The number of amides is 1. The molecule has 0 aliphatic rings. The highest BCUT2D eigenvalue weighted by Gasteiger charge is 2.26. The van der Waals surface area contributed by atoms with E-state index in [4.69, 9.17) is 14.8 Å². The van der Waals surface area contributed by atoms with Gasteiger partial charge in [-0.25, -0.2) is 4.57 Å². The standard InChI is InChI=1S/C33H65N2O6P/c1-3-5-7-9-11-13-15-17-18-20-22-24-26-32(36)31(30-41-42(38,39)40-29-28-34)35-33(37)27-25-23-21-19-16-14-12-10-8-6-4-2/h17-18,24,26,31-32,36H,3-16,19-23,25,27-30,34H2,1-2H3,(H,35,37)(H,38,39)/b18-17+,26-24+. The van der Waals surface area contributed by atoms with Gasteiger partial charge in [-0.3, -0.25) is 13.8 Å². The minimum Gasteiger partial charge on any atom is -0.387 e. The molecule has 0 spiro atoms. The minimum absolute atomic E-state index is 0.0752. The van der Waals surface area contributed by atoms with Crippen LogP contribution < -0.4 is 11.1 Å². The Balaban J connectivity index is 4.46. The lowest BCUT2D eigenvalue weighted by Crippen LogP contribution is -2.45. The van der Waals surface area contributed by atoms with Crippen LogP contribution in [0, 0.1) is 0 Å². The summed E-state index contributed by atoms with van der Waals surface area (Å²) in [5, 5.41) is 13.5. The molecule has 0 bridgehead atoms. The summed E-state index contributed by atoms with van der Waals surface area (Å²) in [5.41, 5.74) is 5.33. The Kier molecular flexibility index (Phi) is 29.3. The van der Waals surface area contributed by atoms with Crippen LogP contribution in [0.15, 0.2) is 24.3 Å². The van der Waals surface area contributed by atoms with Gasteiger partial charge in [-0.05, 0) is 32.1 Å². The maximum absolute atomic E-state index is 12.6. The van der Waals surface area contributed by atoms with Crippen molar-refractivity contribution in [3.8, 4) is 0 Å². The molecule has 0 heterocycles. The third-order valence-corrected chi connectivity index (χ3v) is 8.26. The first-order valence-electron chi connectivity index (χ1n) is 17.0. The Hall–Kier alpha value is -1.02. The van der Waals surface area contributed by atoms with Gasteiger partial charge < -0.3 is 21.1 Å². The van der Waals surface area contributed by atoms with Crippen molar-refractivity contribution >= 4 is 13.7 Å². The number of hydrogen-bond acceptors (Lipinski definition) is 6. The number of aliphatic hydroxyl groups is 1. The molecule has 0 aromatic rings. The molecule has 1 amide bonds. The average molecular weight is 617 g/mol. The second-order valence-electron chi connectivity index (χ2n) is 11.4. The van der Waals surface area contributed by atoms with E-state index in [-0.39, 0.29) is 25.7 Å². The topological polar surface area (TPSA) is 131 Å². The van der Waals surface area contributed by atoms with Crippen molar-refractivity contribution in [2.75, 3.05) is 19.8 Å². The van der Waals surface area contributed by atoms with Gasteiger partial charge in [0.2, 0.25) is 5.91 Å². The summed E-state index contributed by atoms with van der Waals surface area (Å²) >= 11 is 0. The number of phosphoric acid groups is 1. The number of phosphoric ester groups is 1. The number of aliphatic hydroxyl groups excluding tert-OH is 1. The monoisotopic (exact) mass is 616 g/mol. The largest absolute Gasteiger partial charge is 0.472 e. The van der Waals surface area contributed by atoms with Gasteiger partial charge in [0.25, 0.3) is 0 Å². The number of carbonyl (C=O) groups excluding carboxylic acids is 1. The lowest BCUT2D eigenvalue weighted by Gasteiger charge is -2.23. The van der Waals surface area contributed by atoms with Crippen molar-refractivity contribution in [3.05, 3.63) is 24.3 Å². The fourth-order valence-electron chi connectivity index (χ4n) is 4.67.